The van der Waals surface area contributed by atoms with Crippen LogP contribution in [-0.4, -0.2) is 54.4 Å². The summed E-state index contributed by atoms with van der Waals surface area (Å²) in [6, 6.07) is 7.79. The van der Waals surface area contributed by atoms with Gasteiger partial charge in [-0.25, -0.2) is 4.39 Å². The molecule has 25 heavy (non-hydrogen) atoms. The number of amides is 1. The van der Waals surface area contributed by atoms with Crippen molar-refractivity contribution in [3.63, 3.8) is 0 Å². The van der Waals surface area contributed by atoms with Crippen LogP contribution in [0.5, 0.6) is 0 Å². The van der Waals surface area contributed by atoms with Crippen LogP contribution >= 0.6 is 0 Å². The first-order valence-corrected chi connectivity index (χ1v) is 8.16. The second-order valence-electron chi connectivity index (χ2n) is 6.18. The Hall–Kier alpha value is -2.80. The Morgan fingerprint density at radius 1 is 1.00 bits per heavy atom. The fourth-order valence-electron chi connectivity index (χ4n) is 3.31. The van der Waals surface area contributed by atoms with Crippen molar-refractivity contribution in [1.29, 1.82) is 0 Å². The zero-order chi connectivity index (χ0) is 17.4. The molecule has 0 spiro atoms. The van der Waals surface area contributed by atoms with Gasteiger partial charge in [-0.3, -0.25) is 24.4 Å². The van der Waals surface area contributed by atoms with Crippen LogP contribution in [0.2, 0.25) is 0 Å². The molecule has 1 amide bonds. The smallest absolute Gasteiger partial charge is 0.300 e. The number of hydrogen-bond acceptors (Lipinski definition) is 5. The van der Waals surface area contributed by atoms with E-state index in [0.29, 0.717) is 12.4 Å². The third-order valence-electron chi connectivity index (χ3n) is 4.68. The van der Waals surface area contributed by atoms with E-state index in [2.05, 4.69) is 14.8 Å². The van der Waals surface area contributed by atoms with Crippen LogP contribution in [0.4, 0.5) is 15.8 Å². The van der Waals surface area contributed by atoms with Gasteiger partial charge in [0.2, 0.25) is 0 Å². The van der Waals surface area contributed by atoms with Gasteiger partial charge < -0.3 is 4.90 Å². The fourth-order valence-corrected chi connectivity index (χ4v) is 3.31. The number of halogens is 1. The molecule has 4 rings (SSSR count). The van der Waals surface area contributed by atoms with Gasteiger partial charge in [0, 0.05) is 44.3 Å². The summed E-state index contributed by atoms with van der Waals surface area (Å²) in [6.45, 7) is 3.44. The maximum Gasteiger partial charge on any atom is 0.300 e. The van der Waals surface area contributed by atoms with E-state index in [0.717, 1.165) is 31.9 Å². The largest absolute Gasteiger partial charge is 0.369 e. The first-order valence-electron chi connectivity index (χ1n) is 8.16. The zero-order valence-corrected chi connectivity index (χ0v) is 13.6. The molecule has 1 aromatic carbocycles. The van der Waals surface area contributed by atoms with E-state index in [9.17, 15) is 14.0 Å². The maximum absolute atomic E-state index is 13.5. The van der Waals surface area contributed by atoms with Gasteiger partial charge >= 0.3 is 5.91 Å². The fraction of sp³-hybridized carbons (Fsp3) is 0.278. The van der Waals surface area contributed by atoms with E-state index < -0.39 is 17.5 Å². The number of fused-ring (bicyclic) bond motifs is 1. The molecule has 2 aliphatic rings. The molecule has 7 heteroatoms. The van der Waals surface area contributed by atoms with Crippen LogP contribution < -0.4 is 9.80 Å². The van der Waals surface area contributed by atoms with Gasteiger partial charge in [0.1, 0.15) is 5.82 Å². The molecule has 3 heterocycles. The number of Topliss-reactive ketones (excluding diaryl/α,β-unsaturated/α-hetero) is 1. The van der Waals surface area contributed by atoms with Crippen LogP contribution in [-0.2, 0) is 4.79 Å². The highest BCUT2D eigenvalue weighted by Crippen LogP contribution is 2.30. The zero-order valence-electron chi connectivity index (χ0n) is 13.6. The number of rotatable bonds is 3. The van der Waals surface area contributed by atoms with Crippen molar-refractivity contribution in [2.75, 3.05) is 42.6 Å². The molecule has 1 saturated heterocycles. The minimum atomic E-state index is -0.586. The highest BCUT2D eigenvalue weighted by Gasteiger charge is 2.37. The summed E-state index contributed by atoms with van der Waals surface area (Å²) in [5, 5.41) is 0. The van der Waals surface area contributed by atoms with E-state index in [-0.39, 0.29) is 5.56 Å². The SMILES string of the molecule is O=C1C(=O)N(CN2CCN(c3ccncc3)CC2)c2cc(F)ccc21. The molecular formula is C18H17FN4O2. The molecule has 0 unspecified atom stereocenters. The summed E-state index contributed by atoms with van der Waals surface area (Å²) in [7, 11) is 0. The normalized spacial score (nSPS) is 18.0. The summed E-state index contributed by atoms with van der Waals surface area (Å²) in [6.07, 6.45) is 3.53. The van der Waals surface area contributed by atoms with E-state index in [1.807, 2.05) is 12.1 Å². The van der Waals surface area contributed by atoms with Crippen molar-refractivity contribution in [3.8, 4) is 0 Å². The maximum atomic E-state index is 13.5. The van der Waals surface area contributed by atoms with Gasteiger partial charge in [-0.05, 0) is 30.3 Å². The van der Waals surface area contributed by atoms with Crippen LogP contribution in [0.3, 0.4) is 0 Å². The molecule has 6 nitrogen and oxygen atoms in total. The van der Waals surface area contributed by atoms with E-state index in [1.165, 1.54) is 23.1 Å². The van der Waals surface area contributed by atoms with Gasteiger partial charge in [-0.2, -0.15) is 0 Å². The number of nitrogens with zero attached hydrogens (tertiary/aromatic N) is 4. The van der Waals surface area contributed by atoms with E-state index in [1.54, 1.807) is 12.4 Å². The Morgan fingerprint density at radius 3 is 2.44 bits per heavy atom. The summed E-state index contributed by atoms with van der Waals surface area (Å²) in [5.41, 5.74) is 1.77. The Labute approximate surface area is 144 Å². The molecule has 0 N–H and O–H groups in total. The monoisotopic (exact) mass is 340 g/mol. The molecular weight excluding hydrogens is 323 g/mol. The molecule has 0 bridgehead atoms. The third-order valence-corrected chi connectivity index (χ3v) is 4.68. The van der Waals surface area contributed by atoms with Gasteiger partial charge in [-0.15, -0.1) is 0 Å². The van der Waals surface area contributed by atoms with E-state index in [4.69, 9.17) is 0 Å². The predicted octanol–water partition coefficient (Wildman–Crippen LogP) is 1.53. The summed E-state index contributed by atoms with van der Waals surface area (Å²) >= 11 is 0. The number of pyridine rings is 1. The van der Waals surface area contributed by atoms with Crippen LogP contribution in [0.1, 0.15) is 10.4 Å². The van der Waals surface area contributed by atoms with Gasteiger partial charge in [0.25, 0.3) is 5.78 Å². The molecule has 1 fully saturated rings. The van der Waals surface area contributed by atoms with Gasteiger partial charge in [-0.1, -0.05) is 0 Å². The van der Waals surface area contributed by atoms with Crippen LogP contribution in [0, 0.1) is 5.82 Å². The van der Waals surface area contributed by atoms with Crippen molar-refractivity contribution in [2.45, 2.75) is 0 Å². The number of anilines is 2. The number of carbonyl (C=O) groups excluding carboxylic acids is 2. The average Bonchev–Trinajstić information content (AvgIpc) is 2.87. The molecule has 0 atom stereocenters. The van der Waals surface area contributed by atoms with Gasteiger partial charge in [0.05, 0.1) is 17.9 Å². The molecule has 2 aliphatic heterocycles. The number of hydrogen-bond donors (Lipinski definition) is 0. The lowest BCUT2D eigenvalue weighted by Gasteiger charge is -2.37. The number of ketones is 1. The van der Waals surface area contributed by atoms with Crippen molar-refractivity contribution in [3.05, 3.63) is 54.1 Å². The standard InChI is InChI=1S/C18H17FN4O2/c19-13-1-2-15-16(11-13)23(18(25)17(15)24)12-21-7-9-22(10-8-21)14-3-5-20-6-4-14/h1-6,11H,7-10,12H2. The Morgan fingerprint density at radius 2 is 1.72 bits per heavy atom. The minimum absolute atomic E-state index is 0.279. The Balaban J connectivity index is 1.45. The van der Waals surface area contributed by atoms with E-state index >= 15 is 0 Å². The molecule has 128 valence electrons. The third kappa shape index (κ3) is 2.87. The highest BCUT2D eigenvalue weighted by atomic mass is 19.1. The van der Waals surface area contributed by atoms with Crippen molar-refractivity contribution in [1.82, 2.24) is 9.88 Å². The quantitative estimate of drug-likeness (QED) is 0.793. The molecule has 0 aliphatic carbocycles. The molecule has 0 radical (unpaired) electrons. The molecule has 0 saturated carbocycles. The van der Waals surface area contributed by atoms with Gasteiger partial charge in [0.15, 0.2) is 0 Å². The number of carbonyl (C=O) groups is 2. The number of benzene rings is 1. The molecule has 1 aromatic heterocycles. The first-order chi connectivity index (χ1) is 12.1. The van der Waals surface area contributed by atoms with Crippen LogP contribution in [0.25, 0.3) is 0 Å². The molecule has 2 aromatic rings. The summed E-state index contributed by atoms with van der Waals surface area (Å²) in [5.74, 6) is -1.60. The summed E-state index contributed by atoms with van der Waals surface area (Å²) in [4.78, 5) is 34.0. The lowest BCUT2D eigenvalue weighted by Crippen LogP contribution is -2.51. The minimum Gasteiger partial charge on any atom is -0.369 e. The van der Waals surface area contributed by atoms with Crippen LogP contribution in [0.15, 0.2) is 42.7 Å². The van der Waals surface area contributed by atoms with Crippen molar-refractivity contribution in [2.24, 2.45) is 0 Å². The lowest BCUT2D eigenvalue weighted by molar-refractivity contribution is -0.114. The topological polar surface area (TPSA) is 56.8 Å². The predicted molar refractivity (Wildman–Crippen MR) is 91.1 cm³/mol. The van der Waals surface area contributed by atoms with Crippen molar-refractivity contribution >= 4 is 23.1 Å². The lowest BCUT2D eigenvalue weighted by atomic mass is 10.1. The Bertz CT molecular complexity index is 819. The second kappa shape index (κ2) is 6.25. The number of aromatic nitrogens is 1. The second-order valence-corrected chi connectivity index (χ2v) is 6.18. The first kappa shape index (κ1) is 15.7. The summed E-state index contributed by atoms with van der Waals surface area (Å²) < 4.78 is 13.5. The van der Waals surface area contributed by atoms with Crippen molar-refractivity contribution < 1.29 is 14.0 Å². The highest BCUT2D eigenvalue weighted by molar-refractivity contribution is 6.52. The average molecular weight is 340 g/mol. The Kier molecular flexibility index (Phi) is 3.93. The number of piperazine rings is 1.